The van der Waals surface area contributed by atoms with E-state index in [1.165, 1.54) is 0 Å². The molecular formula is C19H27ClN2O2. The molecule has 2 amide bonds. The van der Waals surface area contributed by atoms with Crippen LogP contribution in [0.25, 0.3) is 0 Å². The highest BCUT2D eigenvalue weighted by Crippen LogP contribution is 2.26. The predicted molar refractivity (Wildman–Crippen MR) is 97.6 cm³/mol. The van der Waals surface area contributed by atoms with E-state index >= 15 is 0 Å². The van der Waals surface area contributed by atoms with Crippen LogP contribution in [0.1, 0.15) is 67.7 Å². The monoisotopic (exact) mass is 350 g/mol. The first kappa shape index (κ1) is 18.8. The number of carbonyl (C=O) groups is 2. The normalized spacial score (nSPS) is 18.8. The fourth-order valence-electron chi connectivity index (χ4n) is 2.97. The Kier molecular flexibility index (Phi) is 6.27. The zero-order valence-electron chi connectivity index (χ0n) is 14.9. The lowest BCUT2D eigenvalue weighted by Gasteiger charge is -2.24. The van der Waals surface area contributed by atoms with Gasteiger partial charge in [-0.25, -0.2) is 0 Å². The maximum absolute atomic E-state index is 12.7. The van der Waals surface area contributed by atoms with Crippen molar-refractivity contribution in [1.82, 2.24) is 10.2 Å². The zero-order chi connectivity index (χ0) is 17.9. The van der Waals surface area contributed by atoms with E-state index in [4.69, 9.17) is 11.6 Å². The molecule has 1 unspecified atom stereocenters. The van der Waals surface area contributed by atoms with E-state index in [0.717, 1.165) is 25.8 Å². The Hall–Kier alpha value is -1.55. The first-order valence-corrected chi connectivity index (χ1v) is 9.14. The van der Waals surface area contributed by atoms with Gasteiger partial charge in [0.25, 0.3) is 11.8 Å². The van der Waals surface area contributed by atoms with Gasteiger partial charge >= 0.3 is 0 Å². The minimum atomic E-state index is -0.162. The molecule has 1 heterocycles. The van der Waals surface area contributed by atoms with Gasteiger partial charge in [0.2, 0.25) is 0 Å². The van der Waals surface area contributed by atoms with Crippen molar-refractivity contribution in [2.24, 2.45) is 5.92 Å². The number of amides is 2. The molecule has 1 aromatic rings. The third-order valence-electron chi connectivity index (χ3n) is 4.93. The second kappa shape index (κ2) is 8.02. The highest BCUT2D eigenvalue weighted by Gasteiger charge is 2.29. The molecule has 1 saturated heterocycles. The molecule has 0 radical (unpaired) electrons. The summed E-state index contributed by atoms with van der Waals surface area (Å²) in [6.07, 6.45) is 3.04. The van der Waals surface area contributed by atoms with Crippen molar-refractivity contribution in [3.05, 3.63) is 34.3 Å². The minimum Gasteiger partial charge on any atom is -0.349 e. The molecule has 5 heteroatoms. The first-order valence-electron chi connectivity index (χ1n) is 8.76. The second-order valence-corrected chi connectivity index (χ2v) is 7.31. The number of hydrogen-bond acceptors (Lipinski definition) is 2. The smallest absolute Gasteiger partial charge is 0.255 e. The predicted octanol–water partition coefficient (Wildman–Crippen LogP) is 4.13. The summed E-state index contributed by atoms with van der Waals surface area (Å²) in [6, 6.07) is 5.31. The van der Waals surface area contributed by atoms with Gasteiger partial charge in [-0.1, -0.05) is 32.4 Å². The van der Waals surface area contributed by atoms with E-state index in [-0.39, 0.29) is 17.9 Å². The van der Waals surface area contributed by atoms with Gasteiger partial charge in [0.05, 0.1) is 10.6 Å². The molecule has 1 aromatic carbocycles. The molecule has 0 bridgehead atoms. The Labute approximate surface area is 149 Å². The van der Waals surface area contributed by atoms with E-state index in [1.54, 1.807) is 18.2 Å². The molecule has 4 nitrogen and oxygen atoms in total. The quantitative estimate of drug-likeness (QED) is 0.868. The van der Waals surface area contributed by atoms with Crippen LogP contribution >= 0.6 is 11.6 Å². The molecule has 1 N–H and O–H groups in total. The average Bonchev–Trinajstić information content (AvgIpc) is 3.02. The average molecular weight is 351 g/mol. The van der Waals surface area contributed by atoms with Crippen molar-refractivity contribution in [3.63, 3.8) is 0 Å². The lowest BCUT2D eigenvalue weighted by Crippen LogP contribution is -2.36. The summed E-state index contributed by atoms with van der Waals surface area (Å²) in [5, 5.41) is 3.29. The Morgan fingerprint density at radius 3 is 2.62 bits per heavy atom. The third-order valence-corrected chi connectivity index (χ3v) is 5.24. The highest BCUT2D eigenvalue weighted by atomic mass is 35.5. The summed E-state index contributed by atoms with van der Waals surface area (Å²) in [4.78, 5) is 26.9. The van der Waals surface area contributed by atoms with Crippen molar-refractivity contribution < 1.29 is 9.59 Å². The molecule has 1 fully saturated rings. The summed E-state index contributed by atoms with van der Waals surface area (Å²) in [7, 11) is 0. The number of rotatable bonds is 5. The maximum atomic E-state index is 12.7. The van der Waals surface area contributed by atoms with E-state index in [0.29, 0.717) is 28.1 Å². The standard InChI is InChI=1S/C19H27ClN2O2/c1-5-15-7-6-10-22(15)19(24)16-9-8-14(11-17(16)20)18(23)21-13(4)12(2)3/h8-9,11-13,15H,5-7,10H2,1-4H3,(H,21,23)/t13?,15-/m0/s1. The van der Waals surface area contributed by atoms with Gasteiger partial charge in [0.15, 0.2) is 0 Å². The Bertz CT molecular complexity index is 615. The SMILES string of the molecule is CC[C@H]1CCCN1C(=O)c1ccc(C(=O)NC(C)C(C)C)cc1Cl. The third kappa shape index (κ3) is 4.10. The van der Waals surface area contributed by atoms with E-state index < -0.39 is 0 Å². The molecule has 2 rings (SSSR count). The van der Waals surface area contributed by atoms with E-state index in [1.807, 2.05) is 11.8 Å². The summed E-state index contributed by atoms with van der Waals surface area (Å²) >= 11 is 6.31. The summed E-state index contributed by atoms with van der Waals surface area (Å²) in [6.45, 7) is 8.96. The van der Waals surface area contributed by atoms with Crippen LogP contribution in [0.15, 0.2) is 18.2 Å². The van der Waals surface area contributed by atoms with Crippen LogP contribution in [-0.2, 0) is 0 Å². The molecule has 2 atom stereocenters. The summed E-state index contributed by atoms with van der Waals surface area (Å²) < 4.78 is 0. The van der Waals surface area contributed by atoms with Crippen LogP contribution in [0.4, 0.5) is 0 Å². The van der Waals surface area contributed by atoms with Gasteiger partial charge in [0, 0.05) is 24.2 Å². The number of hydrogen-bond donors (Lipinski definition) is 1. The Morgan fingerprint density at radius 2 is 2.04 bits per heavy atom. The van der Waals surface area contributed by atoms with Gasteiger partial charge < -0.3 is 10.2 Å². The summed E-state index contributed by atoms with van der Waals surface area (Å²) in [5.74, 6) is 0.156. The van der Waals surface area contributed by atoms with E-state index in [9.17, 15) is 9.59 Å². The van der Waals surface area contributed by atoms with Crippen LogP contribution < -0.4 is 5.32 Å². The Balaban J connectivity index is 2.15. The molecule has 132 valence electrons. The molecule has 0 aromatic heterocycles. The van der Waals surface area contributed by atoms with Gasteiger partial charge in [0.1, 0.15) is 0 Å². The number of nitrogens with one attached hydrogen (secondary N) is 1. The number of carbonyl (C=O) groups excluding carboxylic acids is 2. The second-order valence-electron chi connectivity index (χ2n) is 6.90. The lowest BCUT2D eigenvalue weighted by atomic mass is 10.0. The number of likely N-dealkylation sites (tertiary alicyclic amines) is 1. The lowest BCUT2D eigenvalue weighted by molar-refractivity contribution is 0.0733. The van der Waals surface area contributed by atoms with Gasteiger partial charge in [-0.2, -0.15) is 0 Å². The molecular weight excluding hydrogens is 324 g/mol. The van der Waals surface area contributed by atoms with Crippen LogP contribution in [0, 0.1) is 5.92 Å². The van der Waals surface area contributed by atoms with Crippen LogP contribution in [0.2, 0.25) is 5.02 Å². The van der Waals surface area contributed by atoms with E-state index in [2.05, 4.69) is 26.1 Å². The largest absolute Gasteiger partial charge is 0.349 e. The molecule has 0 saturated carbocycles. The number of nitrogens with zero attached hydrogens (tertiary/aromatic N) is 1. The molecule has 24 heavy (non-hydrogen) atoms. The van der Waals surface area contributed by atoms with Gasteiger partial charge in [-0.3, -0.25) is 9.59 Å². The zero-order valence-corrected chi connectivity index (χ0v) is 15.7. The van der Waals surface area contributed by atoms with Crippen molar-refractivity contribution in [2.75, 3.05) is 6.54 Å². The molecule has 1 aliphatic heterocycles. The van der Waals surface area contributed by atoms with Crippen molar-refractivity contribution in [1.29, 1.82) is 0 Å². The van der Waals surface area contributed by atoms with Crippen LogP contribution in [-0.4, -0.2) is 35.3 Å². The summed E-state index contributed by atoms with van der Waals surface area (Å²) in [5.41, 5.74) is 0.961. The van der Waals surface area contributed by atoms with Crippen molar-refractivity contribution >= 4 is 23.4 Å². The Morgan fingerprint density at radius 1 is 1.33 bits per heavy atom. The number of benzene rings is 1. The fourth-order valence-corrected chi connectivity index (χ4v) is 3.23. The van der Waals surface area contributed by atoms with Gasteiger partial charge in [-0.05, 0) is 50.3 Å². The first-order chi connectivity index (χ1) is 11.3. The topological polar surface area (TPSA) is 49.4 Å². The van der Waals surface area contributed by atoms with Crippen molar-refractivity contribution in [3.8, 4) is 0 Å². The fraction of sp³-hybridized carbons (Fsp3) is 0.579. The number of halogens is 1. The van der Waals surface area contributed by atoms with Gasteiger partial charge in [-0.15, -0.1) is 0 Å². The highest BCUT2D eigenvalue weighted by molar-refractivity contribution is 6.34. The van der Waals surface area contributed by atoms with Crippen LogP contribution in [0.5, 0.6) is 0 Å². The molecule has 1 aliphatic rings. The minimum absolute atomic E-state index is 0.0353. The molecule has 0 spiro atoms. The maximum Gasteiger partial charge on any atom is 0.255 e. The van der Waals surface area contributed by atoms with Crippen molar-refractivity contribution in [2.45, 2.75) is 59.0 Å². The molecule has 0 aliphatic carbocycles. The van der Waals surface area contributed by atoms with Crippen LogP contribution in [0.3, 0.4) is 0 Å².